The molecule has 0 fully saturated rings. The molecule has 4 nitrogen and oxygen atoms in total. The van der Waals surface area contributed by atoms with Crippen LogP contribution in [0.25, 0.3) is 0 Å². The van der Waals surface area contributed by atoms with Crippen molar-refractivity contribution in [3.63, 3.8) is 0 Å². The molecule has 0 aliphatic carbocycles. The molecule has 0 unspecified atom stereocenters. The average Bonchev–Trinajstić information content (AvgIpc) is 2.50. The highest BCUT2D eigenvalue weighted by Crippen LogP contribution is 2.19. The summed E-state index contributed by atoms with van der Waals surface area (Å²) in [6.07, 6.45) is 0.275. The summed E-state index contributed by atoms with van der Waals surface area (Å²) in [6, 6.07) is 14.8. The first-order valence-electron chi connectivity index (χ1n) is 6.87. The first kappa shape index (κ1) is 14.9. The standard InChI is InChI=1S/C17H19NO3/c1-3-21-15-10-8-14(9-11-15)18-17(19)12-13-6-4-5-7-16(13)20-2/h4-11H,3,12H2,1-2H3,(H,18,19). The third-order valence-corrected chi connectivity index (χ3v) is 2.99. The van der Waals surface area contributed by atoms with Gasteiger partial charge in [0.15, 0.2) is 0 Å². The largest absolute Gasteiger partial charge is 0.496 e. The summed E-state index contributed by atoms with van der Waals surface area (Å²) >= 11 is 0. The lowest BCUT2D eigenvalue weighted by atomic mass is 10.1. The Labute approximate surface area is 124 Å². The zero-order chi connectivity index (χ0) is 15.1. The molecular weight excluding hydrogens is 266 g/mol. The van der Waals surface area contributed by atoms with Gasteiger partial charge in [0, 0.05) is 11.3 Å². The van der Waals surface area contributed by atoms with Crippen molar-refractivity contribution in [1.82, 2.24) is 0 Å². The molecule has 2 aromatic carbocycles. The molecule has 0 spiro atoms. The van der Waals surface area contributed by atoms with Crippen LogP contribution in [0, 0.1) is 0 Å². The van der Waals surface area contributed by atoms with E-state index in [0.717, 1.165) is 22.7 Å². The lowest BCUT2D eigenvalue weighted by Gasteiger charge is -2.09. The van der Waals surface area contributed by atoms with Gasteiger partial charge in [0.1, 0.15) is 11.5 Å². The second-order valence-corrected chi connectivity index (χ2v) is 4.49. The maximum absolute atomic E-state index is 12.1. The van der Waals surface area contributed by atoms with Crippen molar-refractivity contribution in [2.45, 2.75) is 13.3 Å². The fourth-order valence-corrected chi connectivity index (χ4v) is 2.03. The van der Waals surface area contributed by atoms with E-state index >= 15 is 0 Å². The van der Waals surface area contributed by atoms with Gasteiger partial charge in [-0.25, -0.2) is 0 Å². The minimum Gasteiger partial charge on any atom is -0.496 e. The molecule has 0 atom stereocenters. The van der Waals surface area contributed by atoms with E-state index in [0.29, 0.717) is 6.61 Å². The Hall–Kier alpha value is -2.49. The zero-order valence-electron chi connectivity index (χ0n) is 12.3. The molecule has 0 saturated heterocycles. The summed E-state index contributed by atoms with van der Waals surface area (Å²) < 4.78 is 10.6. The lowest BCUT2D eigenvalue weighted by molar-refractivity contribution is -0.115. The fraction of sp³-hybridized carbons (Fsp3) is 0.235. The van der Waals surface area contributed by atoms with Gasteiger partial charge in [0.05, 0.1) is 20.1 Å². The molecule has 0 aromatic heterocycles. The molecule has 1 amide bonds. The fourth-order valence-electron chi connectivity index (χ4n) is 2.03. The van der Waals surface area contributed by atoms with Gasteiger partial charge in [-0.2, -0.15) is 0 Å². The van der Waals surface area contributed by atoms with Gasteiger partial charge in [-0.15, -0.1) is 0 Å². The van der Waals surface area contributed by atoms with Crippen LogP contribution in [-0.2, 0) is 11.2 Å². The van der Waals surface area contributed by atoms with Crippen LogP contribution in [0.4, 0.5) is 5.69 Å². The molecule has 0 aliphatic rings. The number of carbonyl (C=O) groups excluding carboxylic acids is 1. The Morgan fingerprint density at radius 1 is 1.10 bits per heavy atom. The number of para-hydroxylation sites is 1. The molecule has 0 aliphatic heterocycles. The van der Waals surface area contributed by atoms with Gasteiger partial charge < -0.3 is 14.8 Å². The first-order chi connectivity index (χ1) is 10.2. The molecule has 21 heavy (non-hydrogen) atoms. The maximum Gasteiger partial charge on any atom is 0.228 e. The van der Waals surface area contributed by atoms with Crippen molar-refractivity contribution in [3.8, 4) is 11.5 Å². The Morgan fingerprint density at radius 2 is 1.81 bits per heavy atom. The number of rotatable bonds is 6. The SMILES string of the molecule is CCOc1ccc(NC(=O)Cc2ccccc2OC)cc1. The van der Waals surface area contributed by atoms with Crippen LogP contribution in [0.5, 0.6) is 11.5 Å². The monoisotopic (exact) mass is 285 g/mol. The molecule has 0 bridgehead atoms. The number of carbonyl (C=O) groups is 1. The van der Waals surface area contributed by atoms with E-state index in [-0.39, 0.29) is 12.3 Å². The summed E-state index contributed by atoms with van der Waals surface area (Å²) in [5, 5.41) is 2.86. The van der Waals surface area contributed by atoms with E-state index in [1.807, 2.05) is 55.5 Å². The number of nitrogens with one attached hydrogen (secondary N) is 1. The number of amides is 1. The number of methoxy groups -OCH3 is 1. The molecule has 1 N–H and O–H groups in total. The summed E-state index contributed by atoms with van der Waals surface area (Å²) in [5.41, 5.74) is 1.61. The normalized spacial score (nSPS) is 10.0. The predicted octanol–water partition coefficient (Wildman–Crippen LogP) is 3.28. The molecule has 2 rings (SSSR count). The second-order valence-electron chi connectivity index (χ2n) is 4.49. The Morgan fingerprint density at radius 3 is 2.48 bits per heavy atom. The summed E-state index contributed by atoms with van der Waals surface area (Å²) in [6.45, 7) is 2.56. The lowest BCUT2D eigenvalue weighted by Crippen LogP contribution is -2.14. The number of benzene rings is 2. The van der Waals surface area contributed by atoms with Crippen LogP contribution in [0.15, 0.2) is 48.5 Å². The number of hydrogen-bond acceptors (Lipinski definition) is 3. The Bertz CT molecular complexity index is 593. The molecule has 0 radical (unpaired) electrons. The molecule has 2 aromatic rings. The molecule has 0 saturated carbocycles. The van der Waals surface area contributed by atoms with Gasteiger partial charge in [0.25, 0.3) is 0 Å². The van der Waals surface area contributed by atoms with E-state index in [1.54, 1.807) is 7.11 Å². The Balaban J connectivity index is 1.98. The van der Waals surface area contributed by atoms with Crippen molar-refractivity contribution in [1.29, 1.82) is 0 Å². The smallest absolute Gasteiger partial charge is 0.228 e. The minimum absolute atomic E-state index is 0.0799. The summed E-state index contributed by atoms with van der Waals surface area (Å²) in [4.78, 5) is 12.1. The third-order valence-electron chi connectivity index (χ3n) is 2.99. The first-order valence-corrected chi connectivity index (χ1v) is 6.87. The van der Waals surface area contributed by atoms with Crippen molar-refractivity contribution in [2.24, 2.45) is 0 Å². The number of anilines is 1. The van der Waals surface area contributed by atoms with Crippen LogP contribution in [0.1, 0.15) is 12.5 Å². The van der Waals surface area contributed by atoms with E-state index in [1.165, 1.54) is 0 Å². The maximum atomic E-state index is 12.1. The molecular formula is C17H19NO3. The van der Waals surface area contributed by atoms with Crippen LogP contribution in [0.3, 0.4) is 0 Å². The highest BCUT2D eigenvalue weighted by molar-refractivity contribution is 5.92. The average molecular weight is 285 g/mol. The highest BCUT2D eigenvalue weighted by Gasteiger charge is 2.08. The number of ether oxygens (including phenoxy) is 2. The molecule has 0 heterocycles. The number of hydrogen-bond donors (Lipinski definition) is 1. The summed E-state index contributed by atoms with van der Waals surface area (Å²) in [5.74, 6) is 1.43. The predicted molar refractivity (Wildman–Crippen MR) is 82.9 cm³/mol. The van der Waals surface area contributed by atoms with E-state index in [4.69, 9.17) is 9.47 Å². The van der Waals surface area contributed by atoms with Crippen molar-refractivity contribution >= 4 is 11.6 Å². The van der Waals surface area contributed by atoms with Gasteiger partial charge in [-0.3, -0.25) is 4.79 Å². The third kappa shape index (κ3) is 4.24. The Kier molecular flexibility index (Phi) is 5.21. The van der Waals surface area contributed by atoms with Crippen molar-refractivity contribution in [2.75, 3.05) is 19.0 Å². The van der Waals surface area contributed by atoms with E-state index < -0.39 is 0 Å². The van der Waals surface area contributed by atoms with Crippen LogP contribution < -0.4 is 14.8 Å². The minimum atomic E-state index is -0.0799. The topological polar surface area (TPSA) is 47.6 Å². The van der Waals surface area contributed by atoms with Gasteiger partial charge in [-0.05, 0) is 37.3 Å². The van der Waals surface area contributed by atoms with Crippen LogP contribution in [0.2, 0.25) is 0 Å². The van der Waals surface area contributed by atoms with E-state index in [2.05, 4.69) is 5.32 Å². The van der Waals surface area contributed by atoms with Gasteiger partial charge in [-0.1, -0.05) is 18.2 Å². The zero-order valence-corrected chi connectivity index (χ0v) is 12.3. The van der Waals surface area contributed by atoms with Crippen molar-refractivity contribution in [3.05, 3.63) is 54.1 Å². The molecule has 4 heteroatoms. The van der Waals surface area contributed by atoms with Crippen molar-refractivity contribution < 1.29 is 14.3 Å². The summed E-state index contributed by atoms with van der Waals surface area (Å²) in [7, 11) is 1.60. The highest BCUT2D eigenvalue weighted by atomic mass is 16.5. The second kappa shape index (κ2) is 7.33. The van der Waals surface area contributed by atoms with Crippen LogP contribution in [-0.4, -0.2) is 19.6 Å². The van der Waals surface area contributed by atoms with Gasteiger partial charge >= 0.3 is 0 Å². The molecule has 110 valence electrons. The van der Waals surface area contributed by atoms with Gasteiger partial charge in [0.2, 0.25) is 5.91 Å². The van der Waals surface area contributed by atoms with Crippen LogP contribution >= 0.6 is 0 Å². The van der Waals surface area contributed by atoms with E-state index in [9.17, 15) is 4.79 Å². The quantitative estimate of drug-likeness (QED) is 0.886.